The van der Waals surface area contributed by atoms with Crippen molar-refractivity contribution in [3.63, 3.8) is 0 Å². The second-order valence-electron chi connectivity index (χ2n) is 7.08. The minimum Gasteiger partial charge on any atom is -0.495 e. The number of rotatable bonds is 4. The lowest BCUT2D eigenvalue weighted by atomic mass is 10.00. The number of aryl methyl sites for hydroxylation is 1. The van der Waals surface area contributed by atoms with E-state index >= 15 is 0 Å². The molecule has 7 heteroatoms. The summed E-state index contributed by atoms with van der Waals surface area (Å²) in [6.07, 6.45) is -3.77. The molecule has 0 amide bonds. The fourth-order valence-electron chi connectivity index (χ4n) is 3.65. The molecule has 3 atom stereocenters. The summed E-state index contributed by atoms with van der Waals surface area (Å²) in [5, 5.41) is 21.2. The summed E-state index contributed by atoms with van der Waals surface area (Å²) in [7, 11) is 1.39. The maximum absolute atomic E-state index is 12.6. The second kappa shape index (κ2) is 7.85. The van der Waals surface area contributed by atoms with Crippen molar-refractivity contribution >= 4 is 11.0 Å². The van der Waals surface area contributed by atoms with Crippen molar-refractivity contribution in [2.45, 2.75) is 32.3 Å². The first-order valence-corrected chi connectivity index (χ1v) is 9.47. The van der Waals surface area contributed by atoms with Gasteiger partial charge in [-0.05, 0) is 37.1 Å². The molecular weight excluding hydrogens is 388 g/mol. The van der Waals surface area contributed by atoms with Crippen LogP contribution in [0.3, 0.4) is 0 Å². The van der Waals surface area contributed by atoms with Gasteiger partial charge in [-0.1, -0.05) is 30.3 Å². The molecule has 1 aliphatic heterocycles. The van der Waals surface area contributed by atoms with Crippen LogP contribution in [0.5, 0.6) is 5.75 Å². The molecule has 0 saturated heterocycles. The Morgan fingerprint density at radius 3 is 2.47 bits per heavy atom. The zero-order chi connectivity index (χ0) is 21.4. The minimum atomic E-state index is -1.35. The molecular formula is C23H22O7. The van der Waals surface area contributed by atoms with E-state index in [0.717, 1.165) is 16.5 Å². The summed E-state index contributed by atoms with van der Waals surface area (Å²) >= 11 is 0. The molecule has 1 aromatic heterocycles. The van der Waals surface area contributed by atoms with Crippen molar-refractivity contribution in [2.24, 2.45) is 0 Å². The number of methoxy groups -OCH3 is 1. The van der Waals surface area contributed by atoms with Gasteiger partial charge >= 0.3 is 5.63 Å². The zero-order valence-corrected chi connectivity index (χ0v) is 16.8. The quantitative estimate of drug-likeness (QED) is 0.638. The van der Waals surface area contributed by atoms with Crippen molar-refractivity contribution in [1.82, 2.24) is 0 Å². The molecule has 3 unspecified atom stereocenters. The Labute approximate surface area is 172 Å². The number of benzene rings is 2. The average Bonchev–Trinajstić information content (AvgIpc) is 2.73. The summed E-state index contributed by atoms with van der Waals surface area (Å²) in [4.78, 5) is 12.6. The van der Waals surface area contributed by atoms with Crippen LogP contribution in [-0.4, -0.2) is 35.8 Å². The topological polar surface area (TPSA) is 98.4 Å². The van der Waals surface area contributed by atoms with Gasteiger partial charge in [-0.25, -0.2) is 4.79 Å². The van der Waals surface area contributed by atoms with E-state index in [0.29, 0.717) is 22.7 Å². The van der Waals surface area contributed by atoms with Crippen LogP contribution < -0.4 is 10.4 Å². The third-order valence-electron chi connectivity index (χ3n) is 5.18. The van der Waals surface area contributed by atoms with Crippen molar-refractivity contribution in [3.05, 3.63) is 76.0 Å². The first-order valence-electron chi connectivity index (χ1n) is 9.47. The van der Waals surface area contributed by atoms with Crippen LogP contribution in [0.4, 0.5) is 0 Å². The molecule has 7 nitrogen and oxygen atoms in total. The molecule has 1 aliphatic rings. The minimum absolute atomic E-state index is 0.149. The second-order valence-corrected chi connectivity index (χ2v) is 7.08. The molecule has 0 radical (unpaired) electrons. The molecule has 3 aromatic rings. The zero-order valence-electron chi connectivity index (χ0n) is 16.8. The number of ether oxygens (including phenoxy) is 3. The monoisotopic (exact) mass is 410 g/mol. The van der Waals surface area contributed by atoms with E-state index in [1.54, 1.807) is 25.1 Å². The molecule has 0 bridgehead atoms. The van der Waals surface area contributed by atoms with Gasteiger partial charge in [-0.2, -0.15) is 0 Å². The molecule has 2 heterocycles. The predicted molar refractivity (Wildman–Crippen MR) is 110 cm³/mol. The highest BCUT2D eigenvalue weighted by molar-refractivity contribution is 5.87. The van der Waals surface area contributed by atoms with Gasteiger partial charge in [0.25, 0.3) is 6.29 Å². The molecule has 30 heavy (non-hydrogen) atoms. The van der Waals surface area contributed by atoms with Gasteiger partial charge in [0.2, 0.25) is 0 Å². The lowest BCUT2D eigenvalue weighted by Crippen LogP contribution is -2.47. The number of allylic oxidation sites excluding steroid dienone is 1. The Bertz CT molecular complexity index is 1160. The van der Waals surface area contributed by atoms with Crippen molar-refractivity contribution < 1.29 is 28.8 Å². The number of hydrogen-bond donors (Lipinski definition) is 2. The van der Waals surface area contributed by atoms with Crippen LogP contribution in [0, 0.1) is 6.92 Å². The van der Waals surface area contributed by atoms with Crippen LogP contribution >= 0.6 is 0 Å². The van der Waals surface area contributed by atoms with E-state index in [2.05, 4.69) is 0 Å². The van der Waals surface area contributed by atoms with Crippen LogP contribution in [-0.2, 0) is 9.47 Å². The highest BCUT2D eigenvalue weighted by Crippen LogP contribution is 2.31. The van der Waals surface area contributed by atoms with Gasteiger partial charge < -0.3 is 28.8 Å². The van der Waals surface area contributed by atoms with Crippen LogP contribution in [0.15, 0.2) is 69.3 Å². The Hall–Kier alpha value is -3.29. The molecule has 4 rings (SSSR count). The molecule has 156 valence electrons. The molecule has 0 spiro atoms. The van der Waals surface area contributed by atoms with Crippen molar-refractivity contribution in [3.8, 4) is 16.9 Å². The van der Waals surface area contributed by atoms with E-state index in [9.17, 15) is 15.0 Å². The van der Waals surface area contributed by atoms with Crippen LogP contribution in [0.25, 0.3) is 22.1 Å². The van der Waals surface area contributed by atoms with E-state index in [1.807, 2.05) is 37.3 Å². The third-order valence-corrected chi connectivity index (χ3v) is 5.18. The molecule has 0 aliphatic carbocycles. The largest absolute Gasteiger partial charge is 0.495 e. The number of fused-ring (bicyclic) bond motifs is 1. The van der Waals surface area contributed by atoms with Gasteiger partial charge in [0.05, 0.1) is 12.7 Å². The van der Waals surface area contributed by atoms with Crippen molar-refractivity contribution in [2.75, 3.05) is 7.11 Å². The Morgan fingerprint density at radius 2 is 1.77 bits per heavy atom. The van der Waals surface area contributed by atoms with Crippen molar-refractivity contribution in [1.29, 1.82) is 0 Å². The summed E-state index contributed by atoms with van der Waals surface area (Å²) in [5.74, 6) is 0.786. The highest BCUT2D eigenvalue weighted by atomic mass is 16.7. The lowest BCUT2D eigenvalue weighted by Gasteiger charge is -2.33. The summed E-state index contributed by atoms with van der Waals surface area (Å²) in [5.41, 5.74) is 2.00. The highest BCUT2D eigenvalue weighted by Gasteiger charge is 2.39. The van der Waals surface area contributed by atoms with Gasteiger partial charge in [0.1, 0.15) is 23.2 Å². The van der Waals surface area contributed by atoms with Gasteiger partial charge in [0, 0.05) is 11.5 Å². The first-order chi connectivity index (χ1) is 14.4. The van der Waals surface area contributed by atoms with Gasteiger partial charge in [-0.3, -0.25) is 0 Å². The SMILES string of the molecule is COC1=C(C)OC(Oc2ccc3c(C)c(-c4ccccc4)c(=O)oc3c2)C(O)C1O. The van der Waals surface area contributed by atoms with Crippen LogP contribution in [0.1, 0.15) is 12.5 Å². The lowest BCUT2D eigenvalue weighted by molar-refractivity contribution is -0.175. The van der Waals surface area contributed by atoms with E-state index < -0.39 is 24.1 Å². The molecule has 2 aromatic carbocycles. The maximum atomic E-state index is 12.6. The smallest absolute Gasteiger partial charge is 0.344 e. The average molecular weight is 410 g/mol. The number of aliphatic hydroxyl groups excluding tert-OH is 2. The van der Waals surface area contributed by atoms with Crippen LogP contribution in [0.2, 0.25) is 0 Å². The standard InChI is InChI=1S/C23H22O7/c1-12-16-10-9-15(29-23-20(25)19(24)21(27-3)13(2)28-23)11-17(16)30-22(26)18(12)14-7-5-4-6-8-14/h4-11,19-20,23-25H,1-3H3. The molecule has 0 fully saturated rings. The Morgan fingerprint density at radius 1 is 1.03 bits per heavy atom. The fourth-order valence-corrected chi connectivity index (χ4v) is 3.65. The summed E-state index contributed by atoms with van der Waals surface area (Å²) in [6.45, 7) is 3.48. The first kappa shape index (κ1) is 20.0. The summed E-state index contributed by atoms with van der Waals surface area (Å²) < 4.78 is 21.9. The third kappa shape index (κ3) is 3.42. The molecule has 0 saturated carbocycles. The predicted octanol–water partition coefficient (Wildman–Crippen LogP) is 3.10. The number of hydrogen-bond acceptors (Lipinski definition) is 7. The van der Waals surface area contributed by atoms with E-state index in [1.165, 1.54) is 7.11 Å². The Kier molecular flexibility index (Phi) is 5.24. The van der Waals surface area contributed by atoms with Gasteiger partial charge in [-0.15, -0.1) is 0 Å². The summed E-state index contributed by atoms with van der Waals surface area (Å²) in [6, 6.07) is 14.4. The van der Waals surface area contributed by atoms with E-state index in [-0.39, 0.29) is 5.76 Å². The Balaban J connectivity index is 1.68. The fraction of sp³-hybridized carbons (Fsp3) is 0.261. The van der Waals surface area contributed by atoms with Gasteiger partial charge in [0.15, 0.2) is 11.9 Å². The maximum Gasteiger partial charge on any atom is 0.344 e. The van der Waals surface area contributed by atoms with E-state index in [4.69, 9.17) is 18.6 Å². The molecule has 2 N–H and O–H groups in total. The number of aliphatic hydroxyl groups is 2. The normalized spacial score (nSPS) is 21.4.